The number of benzene rings is 1. The summed E-state index contributed by atoms with van der Waals surface area (Å²) in [5.74, 6) is 0.451. The fourth-order valence-corrected chi connectivity index (χ4v) is 3.34. The molecule has 0 aliphatic heterocycles. The third-order valence-corrected chi connectivity index (χ3v) is 4.87. The Bertz CT molecular complexity index is 558. The Morgan fingerprint density at radius 3 is 2.32 bits per heavy atom. The fraction of sp³-hybridized carbons (Fsp3) is 0.579. The molecule has 2 amide bonds. The normalized spacial score (nSPS) is 19.2. The lowest BCUT2D eigenvalue weighted by molar-refractivity contribution is -0.130. The van der Waals surface area contributed by atoms with Crippen LogP contribution in [0.1, 0.15) is 45.1 Å². The highest BCUT2D eigenvalue weighted by Crippen LogP contribution is 2.27. The van der Waals surface area contributed by atoms with Crippen LogP contribution in [0, 0.1) is 5.92 Å². The molecule has 0 saturated heterocycles. The molecule has 2 rings (SSSR count). The van der Waals surface area contributed by atoms with Gasteiger partial charge in [-0.1, -0.05) is 18.6 Å². The van der Waals surface area contributed by atoms with E-state index in [2.05, 4.69) is 5.32 Å². The predicted octanol–water partition coefficient (Wildman–Crippen LogP) is 2.98. The maximum absolute atomic E-state index is 12.1. The van der Waals surface area contributed by atoms with Gasteiger partial charge in [-0.25, -0.2) is 0 Å². The number of carbonyl (C=O) groups is 2. The Hall–Kier alpha value is -1.59. The SMILES string of the molecule is CCN(CC)C(=O)Cc1ccc(NC(=O)C[C@@H]2CCC[C@H]2N)cc1.Cl. The molecule has 0 bridgehead atoms. The highest BCUT2D eigenvalue weighted by atomic mass is 35.5. The number of rotatable bonds is 7. The van der Waals surface area contributed by atoms with E-state index in [0.717, 1.165) is 43.6 Å². The first-order chi connectivity index (χ1) is 11.5. The zero-order valence-corrected chi connectivity index (χ0v) is 16.0. The van der Waals surface area contributed by atoms with Gasteiger partial charge < -0.3 is 16.0 Å². The minimum atomic E-state index is 0. The molecule has 25 heavy (non-hydrogen) atoms. The third kappa shape index (κ3) is 6.33. The standard InChI is InChI=1S/C19H29N3O2.ClH/c1-3-22(4-2)19(24)12-14-8-10-16(11-9-14)21-18(23)13-15-6-5-7-17(15)20;/h8-11,15,17H,3-7,12-13,20H2,1-2H3,(H,21,23);1H/t15-,17+;/m0./s1. The number of nitrogens with two attached hydrogens (primary N) is 1. The van der Waals surface area contributed by atoms with E-state index < -0.39 is 0 Å². The molecular weight excluding hydrogens is 338 g/mol. The summed E-state index contributed by atoms with van der Waals surface area (Å²) in [6.45, 7) is 5.42. The van der Waals surface area contributed by atoms with Gasteiger partial charge in [0.25, 0.3) is 0 Å². The number of hydrogen-bond donors (Lipinski definition) is 2. The van der Waals surface area contributed by atoms with E-state index in [-0.39, 0.29) is 30.3 Å². The molecular formula is C19H30ClN3O2. The van der Waals surface area contributed by atoms with E-state index in [1.165, 1.54) is 0 Å². The van der Waals surface area contributed by atoms with Crippen LogP contribution in [0.2, 0.25) is 0 Å². The van der Waals surface area contributed by atoms with Gasteiger partial charge in [-0.15, -0.1) is 12.4 Å². The zero-order valence-electron chi connectivity index (χ0n) is 15.2. The Morgan fingerprint density at radius 1 is 1.16 bits per heavy atom. The maximum atomic E-state index is 12.1. The number of carbonyl (C=O) groups excluding carboxylic acids is 2. The molecule has 0 heterocycles. The van der Waals surface area contributed by atoms with E-state index in [1.807, 2.05) is 43.0 Å². The second-order valence-corrected chi connectivity index (χ2v) is 6.55. The Morgan fingerprint density at radius 2 is 1.80 bits per heavy atom. The first kappa shape index (κ1) is 21.5. The van der Waals surface area contributed by atoms with E-state index in [4.69, 9.17) is 5.73 Å². The summed E-state index contributed by atoms with van der Waals surface area (Å²) in [6, 6.07) is 7.68. The molecule has 0 radical (unpaired) electrons. The molecule has 1 saturated carbocycles. The smallest absolute Gasteiger partial charge is 0.226 e. The first-order valence-corrected chi connectivity index (χ1v) is 8.95. The summed E-state index contributed by atoms with van der Waals surface area (Å²) in [5.41, 5.74) is 7.75. The number of anilines is 1. The van der Waals surface area contributed by atoms with Gasteiger partial charge in [-0.2, -0.15) is 0 Å². The average molecular weight is 368 g/mol. The van der Waals surface area contributed by atoms with Crippen molar-refractivity contribution in [2.24, 2.45) is 11.7 Å². The summed E-state index contributed by atoms with van der Waals surface area (Å²) < 4.78 is 0. The van der Waals surface area contributed by atoms with Crippen molar-refractivity contribution in [1.29, 1.82) is 0 Å². The monoisotopic (exact) mass is 367 g/mol. The van der Waals surface area contributed by atoms with Gasteiger partial charge in [0.2, 0.25) is 11.8 Å². The minimum Gasteiger partial charge on any atom is -0.343 e. The van der Waals surface area contributed by atoms with Crippen molar-refractivity contribution in [3.8, 4) is 0 Å². The largest absolute Gasteiger partial charge is 0.343 e. The zero-order chi connectivity index (χ0) is 17.5. The Kier molecular flexibility index (Phi) is 8.93. The molecule has 1 aromatic rings. The molecule has 1 aliphatic carbocycles. The summed E-state index contributed by atoms with van der Waals surface area (Å²) in [5, 5.41) is 2.93. The molecule has 1 aliphatic rings. The van der Waals surface area contributed by atoms with Gasteiger partial charge in [0.05, 0.1) is 6.42 Å². The van der Waals surface area contributed by atoms with Crippen molar-refractivity contribution >= 4 is 29.9 Å². The molecule has 140 valence electrons. The van der Waals surface area contributed by atoms with Gasteiger partial charge in [0.15, 0.2) is 0 Å². The van der Waals surface area contributed by atoms with Crippen LogP contribution in [0.5, 0.6) is 0 Å². The topological polar surface area (TPSA) is 75.4 Å². The lowest BCUT2D eigenvalue weighted by Crippen LogP contribution is -2.31. The van der Waals surface area contributed by atoms with E-state index in [9.17, 15) is 9.59 Å². The molecule has 3 N–H and O–H groups in total. The number of hydrogen-bond acceptors (Lipinski definition) is 3. The highest BCUT2D eigenvalue weighted by molar-refractivity contribution is 5.91. The quantitative estimate of drug-likeness (QED) is 0.777. The van der Waals surface area contributed by atoms with Crippen LogP contribution in [-0.4, -0.2) is 35.8 Å². The van der Waals surface area contributed by atoms with E-state index >= 15 is 0 Å². The van der Waals surface area contributed by atoms with E-state index in [1.54, 1.807) is 0 Å². The second kappa shape index (κ2) is 10.4. The van der Waals surface area contributed by atoms with Crippen molar-refractivity contribution in [2.45, 2.75) is 52.0 Å². The predicted molar refractivity (Wildman–Crippen MR) is 104 cm³/mol. The van der Waals surface area contributed by atoms with Crippen LogP contribution in [0.3, 0.4) is 0 Å². The molecule has 1 aromatic carbocycles. The molecule has 6 heteroatoms. The summed E-state index contributed by atoms with van der Waals surface area (Å²) in [4.78, 5) is 26.0. The van der Waals surface area contributed by atoms with Crippen molar-refractivity contribution in [3.05, 3.63) is 29.8 Å². The molecule has 5 nitrogen and oxygen atoms in total. The van der Waals surface area contributed by atoms with Crippen LogP contribution in [0.25, 0.3) is 0 Å². The van der Waals surface area contributed by atoms with Crippen molar-refractivity contribution < 1.29 is 9.59 Å². The molecule has 0 aromatic heterocycles. The van der Waals surface area contributed by atoms with E-state index in [0.29, 0.717) is 18.8 Å². The average Bonchev–Trinajstić information content (AvgIpc) is 2.95. The number of nitrogens with one attached hydrogen (secondary N) is 1. The lowest BCUT2D eigenvalue weighted by Gasteiger charge is -2.18. The van der Waals surface area contributed by atoms with Gasteiger partial charge >= 0.3 is 0 Å². The third-order valence-electron chi connectivity index (χ3n) is 4.87. The minimum absolute atomic E-state index is 0. The molecule has 1 fully saturated rings. The molecule has 2 atom stereocenters. The van der Waals surface area contributed by atoms with Gasteiger partial charge in [0, 0.05) is 31.2 Å². The summed E-state index contributed by atoms with van der Waals surface area (Å²) >= 11 is 0. The first-order valence-electron chi connectivity index (χ1n) is 8.95. The second-order valence-electron chi connectivity index (χ2n) is 6.55. The Balaban J connectivity index is 0.00000312. The number of amides is 2. The highest BCUT2D eigenvalue weighted by Gasteiger charge is 2.26. The van der Waals surface area contributed by atoms with Crippen LogP contribution in [0.15, 0.2) is 24.3 Å². The number of halogens is 1. The fourth-order valence-electron chi connectivity index (χ4n) is 3.34. The number of nitrogens with zero attached hydrogens (tertiary/aromatic N) is 1. The summed E-state index contributed by atoms with van der Waals surface area (Å²) in [6.07, 6.45) is 4.07. The number of likely N-dealkylation sites (N-methyl/N-ethyl adjacent to an activating group) is 1. The van der Waals surface area contributed by atoms with Gasteiger partial charge in [-0.3, -0.25) is 9.59 Å². The van der Waals surface area contributed by atoms with Crippen LogP contribution >= 0.6 is 12.4 Å². The van der Waals surface area contributed by atoms with Crippen molar-refractivity contribution in [1.82, 2.24) is 4.90 Å². The van der Waals surface area contributed by atoms with Crippen molar-refractivity contribution in [3.63, 3.8) is 0 Å². The maximum Gasteiger partial charge on any atom is 0.226 e. The van der Waals surface area contributed by atoms with Crippen LogP contribution in [0.4, 0.5) is 5.69 Å². The summed E-state index contributed by atoms with van der Waals surface area (Å²) in [7, 11) is 0. The van der Waals surface area contributed by atoms with Crippen molar-refractivity contribution in [2.75, 3.05) is 18.4 Å². The van der Waals surface area contributed by atoms with Crippen LogP contribution < -0.4 is 11.1 Å². The van der Waals surface area contributed by atoms with Gasteiger partial charge in [0.1, 0.15) is 0 Å². The Labute approximate surface area is 156 Å². The van der Waals surface area contributed by atoms with Gasteiger partial charge in [-0.05, 0) is 50.3 Å². The lowest BCUT2D eigenvalue weighted by atomic mass is 10.00. The molecule has 0 unspecified atom stereocenters. The van der Waals surface area contributed by atoms with Crippen LogP contribution in [-0.2, 0) is 16.0 Å². The molecule has 0 spiro atoms.